The molecule has 0 saturated heterocycles. The quantitative estimate of drug-likeness (QED) is 0.932. The van der Waals surface area contributed by atoms with Crippen LogP contribution in [0.3, 0.4) is 0 Å². The van der Waals surface area contributed by atoms with E-state index in [-0.39, 0.29) is 10.8 Å². The first kappa shape index (κ1) is 15.0. The molecule has 2 atom stereocenters. The van der Waals surface area contributed by atoms with E-state index in [0.29, 0.717) is 0 Å². The highest BCUT2D eigenvalue weighted by Crippen LogP contribution is 2.27. The molecule has 20 heavy (non-hydrogen) atoms. The van der Waals surface area contributed by atoms with Gasteiger partial charge in [-0.2, -0.15) is 0 Å². The number of hydrogen-bond donors (Lipinski definition) is 1. The van der Waals surface area contributed by atoms with Crippen LogP contribution in [0.1, 0.15) is 43.7 Å². The summed E-state index contributed by atoms with van der Waals surface area (Å²) in [6.07, 6.45) is 1.67. The van der Waals surface area contributed by atoms with Crippen molar-refractivity contribution in [1.29, 1.82) is 0 Å². The molecule has 1 aromatic carbocycles. The van der Waals surface area contributed by atoms with Gasteiger partial charge in [-0.05, 0) is 44.9 Å². The molecule has 1 aromatic heterocycles. The average Bonchev–Trinajstić information content (AvgIpc) is 2.81. The standard InChI is InChI=1S/C16H21NO2S/c1-12-10-11-19-15(12)14(13-8-6-5-7-9-13)17-20(18)16(2,3)4/h5-11,14,17H,1-4H3/t14-,20+/m0/s1. The van der Waals surface area contributed by atoms with Gasteiger partial charge in [0.2, 0.25) is 0 Å². The summed E-state index contributed by atoms with van der Waals surface area (Å²) in [6, 6.07) is 11.7. The Morgan fingerprint density at radius 3 is 2.30 bits per heavy atom. The maximum Gasteiger partial charge on any atom is 0.129 e. The monoisotopic (exact) mass is 291 g/mol. The lowest BCUT2D eigenvalue weighted by molar-refractivity contribution is 0.473. The number of rotatable bonds is 4. The summed E-state index contributed by atoms with van der Waals surface area (Å²) in [4.78, 5) is 0. The van der Waals surface area contributed by atoms with Gasteiger partial charge in [-0.15, -0.1) is 0 Å². The molecule has 0 unspecified atom stereocenters. The Morgan fingerprint density at radius 1 is 1.15 bits per heavy atom. The van der Waals surface area contributed by atoms with E-state index < -0.39 is 11.0 Å². The second kappa shape index (κ2) is 5.94. The highest BCUT2D eigenvalue weighted by molar-refractivity contribution is 7.84. The first-order valence-corrected chi connectivity index (χ1v) is 7.81. The summed E-state index contributed by atoms with van der Waals surface area (Å²) in [5.41, 5.74) is 2.10. The lowest BCUT2D eigenvalue weighted by Gasteiger charge is -2.24. The van der Waals surface area contributed by atoms with Crippen molar-refractivity contribution in [3.05, 3.63) is 59.5 Å². The van der Waals surface area contributed by atoms with Gasteiger partial charge in [0.25, 0.3) is 0 Å². The van der Waals surface area contributed by atoms with Crippen molar-refractivity contribution in [3.8, 4) is 0 Å². The van der Waals surface area contributed by atoms with Crippen molar-refractivity contribution in [3.63, 3.8) is 0 Å². The van der Waals surface area contributed by atoms with Crippen LogP contribution in [0.2, 0.25) is 0 Å². The zero-order valence-corrected chi connectivity index (χ0v) is 13.2. The Hall–Kier alpha value is -1.39. The molecule has 2 aromatic rings. The molecule has 0 bridgehead atoms. The van der Waals surface area contributed by atoms with Gasteiger partial charge in [-0.25, -0.2) is 8.93 Å². The molecule has 108 valence electrons. The largest absolute Gasteiger partial charge is 0.467 e. The minimum Gasteiger partial charge on any atom is -0.467 e. The number of aryl methyl sites for hydroxylation is 1. The zero-order chi connectivity index (χ0) is 14.8. The predicted molar refractivity (Wildman–Crippen MR) is 82.8 cm³/mol. The average molecular weight is 291 g/mol. The number of benzene rings is 1. The van der Waals surface area contributed by atoms with Gasteiger partial charge in [0.05, 0.1) is 22.0 Å². The van der Waals surface area contributed by atoms with Gasteiger partial charge < -0.3 is 4.42 Å². The van der Waals surface area contributed by atoms with Crippen molar-refractivity contribution < 1.29 is 8.63 Å². The second-order valence-electron chi connectivity index (χ2n) is 5.81. The van der Waals surface area contributed by atoms with E-state index >= 15 is 0 Å². The summed E-state index contributed by atoms with van der Waals surface area (Å²) in [6.45, 7) is 7.85. The Balaban J connectivity index is 2.36. The van der Waals surface area contributed by atoms with Crippen LogP contribution < -0.4 is 4.72 Å². The number of nitrogens with one attached hydrogen (secondary N) is 1. The first-order chi connectivity index (χ1) is 9.39. The normalized spacial score (nSPS) is 15.0. The highest BCUT2D eigenvalue weighted by Gasteiger charge is 2.26. The number of furan rings is 1. The topological polar surface area (TPSA) is 42.2 Å². The maximum atomic E-state index is 12.4. The number of hydrogen-bond acceptors (Lipinski definition) is 2. The van der Waals surface area contributed by atoms with Crippen LogP contribution >= 0.6 is 0 Å². The third-order valence-electron chi connectivity index (χ3n) is 3.08. The van der Waals surface area contributed by atoms with Crippen molar-refractivity contribution >= 4 is 11.0 Å². The van der Waals surface area contributed by atoms with E-state index in [4.69, 9.17) is 4.42 Å². The van der Waals surface area contributed by atoms with E-state index in [9.17, 15) is 4.21 Å². The van der Waals surface area contributed by atoms with Crippen LogP contribution in [-0.2, 0) is 11.0 Å². The fourth-order valence-electron chi connectivity index (χ4n) is 1.88. The van der Waals surface area contributed by atoms with Crippen molar-refractivity contribution in [2.24, 2.45) is 0 Å². The molecule has 0 fully saturated rings. The molecule has 2 rings (SSSR count). The minimum absolute atomic E-state index is 0.203. The Morgan fingerprint density at radius 2 is 1.80 bits per heavy atom. The molecule has 0 saturated carbocycles. The summed E-state index contributed by atoms with van der Waals surface area (Å²) < 4.78 is 20.9. The summed E-state index contributed by atoms with van der Waals surface area (Å²) in [5.74, 6) is 0.814. The van der Waals surface area contributed by atoms with Gasteiger partial charge in [0.15, 0.2) is 0 Å². The van der Waals surface area contributed by atoms with Gasteiger partial charge >= 0.3 is 0 Å². The molecule has 4 heteroatoms. The van der Waals surface area contributed by atoms with Crippen LogP contribution in [0.4, 0.5) is 0 Å². The van der Waals surface area contributed by atoms with E-state index in [1.807, 2.05) is 64.1 Å². The molecule has 1 heterocycles. The van der Waals surface area contributed by atoms with Gasteiger partial charge in [0, 0.05) is 0 Å². The van der Waals surface area contributed by atoms with Crippen molar-refractivity contribution in [2.75, 3.05) is 0 Å². The van der Waals surface area contributed by atoms with Gasteiger partial charge in [-0.1, -0.05) is 30.3 Å². The molecule has 1 N–H and O–H groups in total. The lowest BCUT2D eigenvalue weighted by Crippen LogP contribution is -2.36. The zero-order valence-electron chi connectivity index (χ0n) is 12.3. The maximum absolute atomic E-state index is 12.4. The predicted octanol–water partition coefficient (Wildman–Crippen LogP) is 3.73. The van der Waals surface area contributed by atoms with Crippen LogP contribution in [0.5, 0.6) is 0 Å². The third-order valence-corrected chi connectivity index (χ3v) is 4.64. The molecule has 0 radical (unpaired) electrons. The Kier molecular flexibility index (Phi) is 4.45. The first-order valence-electron chi connectivity index (χ1n) is 6.66. The molecular formula is C16H21NO2S. The van der Waals surface area contributed by atoms with Crippen molar-refractivity contribution in [1.82, 2.24) is 4.72 Å². The minimum atomic E-state index is -1.17. The smallest absolute Gasteiger partial charge is 0.129 e. The molecule has 0 spiro atoms. The Labute approximate surface area is 123 Å². The SMILES string of the molecule is Cc1ccoc1[C@@H](N[S@](=O)C(C)(C)C)c1ccccc1. The summed E-state index contributed by atoms with van der Waals surface area (Å²) in [7, 11) is -1.17. The van der Waals surface area contributed by atoms with E-state index in [0.717, 1.165) is 16.9 Å². The van der Waals surface area contributed by atoms with Gasteiger partial charge in [-0.3, -0.25) is 0 Å². The van der Waals surface area contributed by atoms with E-state index in [2.05, 4.69) is 4.72 Å². The lowest BCUT2D eigenvalue weighted by atomic mass is 10.0. The summed E-state index contributed by atoms with van der Waals surface area (Å²) >= 11 is 0. The molecular weight excluding hydrogens is 270 g/mol. The van der Waals surface area contributed by atoms with E-state index in [1.165, 1.54) is 0 Å². The fourth-order valence-corrected chi connectivity index (χ4v) is 2.69. The second-order valence-corrected chi connectivity index (χ2v) is 7.81. The fraction of sp³-hybridized carbons (Fsp3) is 0.375. The summed E-state index contributed by atoms with van der Waals surface area (Å²) in [5, 5.41) is 0. The molecule has 0 amide bonds. The Bertz CT molecular complexity index is 584. The third kappa shape index (κ3) is 3.38. The van der Waals surface area contributed by atoms with Crippen LogP contribution in [0.15, 0.2) is 47.1 Å². The molecule has 0 aliphatic carbocycles. The van der Waals surface area contributed by atoms with E-state index in [1.54, 1.807) is 6.26 Å². The van der Waals surface area contributed by atoms with Crippen LogP contribution in [-0.4, -0.2) is 8.96 Å². The van der Waals surface area contributed by atoms with Crippen LogP contribution in [0, 0.1) is 6.92 Å². The van der Waals surface area contributed by atoms with Gasteiger partial charge in [0.1, 0.15) is 11.8 Å². The molecule has 0 aliphatic heterocycles. The molecule has 0 aliphatic rings. The highest BCUT2D eigenvalue weighted by atomic mass is 32.2. The van der Waals surface area contributed by atoms with Crippen molar-refractivity contribution in [2.45, 2.75) is 38.5 Å². The van der Waals surface area contributed by atoms with Crippen LogP contribution in [0.25, 0.3) is 0 Å². The molecule has 3 nitrogen and oxygen atoms in total.